The fraction of sp³-hybridized carbons (Fsp3) is 0.480. The molecule has 1 aliphatic heterocycles. The van der Waals surface area contributed by atoms with Crippen LogP contribution >= 0.6 is 0 Å². The van der Waals surface area contributed by atoms with Crippen molar-refractivity contribution >= 4 is 15.9 Å². The van der Waals surface area contributed by atoms with Crippen LogP contribution in [-0.2, 0) is 14.8 Å². The average molecular weight is 477 g/mol. The van der Waals surface area contributed by atoms with Crippen LogP contribution in [0.4, 0.5) is 8.78 Å². The second kappa shape index (κ2) is 9.89. The molecule has 1 aliphatic carbocycles. The number of amides is 1. The Kier molecular flexibility index (Phi) is 7.14. The number of hydrogen-bond acceptors (Lipinski definition) is 3. The normalized spacial score (nSPS) is 22.8. The van der Waals surface area contributed by atoms with E-state index < -0.39 is 21.7 Å². The van der Waals surface area contributed by atoms with E-state index in [1.54, 1.807) is 0 Å². The van der Waals surface area contributed by atoms with Gasteiger partial charge in [-0.05, 0) is 68.2 Å². The van der Waals surface area contributed by atoms with E-state index in [4.69, 9.17) is 0 Å². The average Bonchev–Trinajstić information content (AvgIpc) is 2.85. The maximum absolute atomic E-state index is 13.5. The van der Waals surface area contributed by atoms with E-state index >= 15 is 0 Å². The van der Waals surface area contributed by atoms with Gasteiger partial charge >= 0.3 is 0 Å². The molecule has 0 unspecified atom stereocenters. The van der Waals surface area contributed by atoms with Gasteiger partial charge in [-0.3, -0.25) is 4.79 Å². The molecule has 1 saturated carbocycles. The van der Waals surface area contributed by atoms with E-state index in [0.717, 1.165) is 37.8 Å². The molecule has 0 spiro atoms. The summed E-state index contributed by atoms with van der Waals surface area (Å²) >= 11 is 0. The Bertz CT molecular complexity index is 1080. The van der Waals surface area contributed by atoms with Crippen molar-refractivity contribution < 1.29 is 22.0 Å². The van der Waals surface area contributed by atoms with Crippen LogP contribution in [0.5, 0.6) is 0 Å². The van der Waals surface area contributed by atoms with Gasteiger partial charge in [0, 0.05) is 32.1 Å². The number of nitrogens with zero attached hydrogens (tertiary/aromatic N) is 2. The van der Waals surface area contributed by atoms with Crippen molar-refractivity contribution in [1.82, 2.24) is 9.21 Å². The van der Waals surface area contributed by atoms with Gasteiger partial charge < -0.3 is 4.90 Å². The van der Waals surface area contributed by atoms with Crippen LogP contribution in [-0.4, -0.2) is 49.7 Å². The molecule has 1 saturated heterocycles. The van der Waals surface area contributed by atoms with E-state index in [2.05, 4.69) is 24.3 Å². The molecule has 0 bridgehead atoms. The molecule has 2 fully saturated rings. The Morgan fingerprint density at radius 2 is 1.55 bits per heavy atom. The van der Waals surface area contributed by atoms with Gasteiger partial charge in [-0.1, -0.05) is 30.3 Å². The summed E-state index contributed by atoms with van der Waals surface area (Å²) in [6.07, 6.45) is 4.88. The van der Waals surface area contributed by atoms with E-state index in [-0.39, 0.29) is 35.9 Å². The summed E-state index contributed by atoms with van der Waals surface area (Å²) in [6, 6.07) is 13.3. The quantitative estimate of drug-likeness (QED) is 0.636. The first-order valence-electron chi connectivity index (χ1n) is 11.5. The molecule has 2 aromatic rings. The third-order valence-corrected chi connectivity index (χ3v) is 9.09. The number of piperidine rings is 1. The Balaban J connectivity index is 1.31. The number of carbonyl (C=O) groups excluding carboxylic acids is 1. The minimum atomic E-state index is -3.92. The molecular weight excluding hydrogens is 446 g/mol. The minimum Gasteiger partial charge on any atom is -0.343 e. The number of hydrogen-bond donors (Lipinski definition) is 0. The second-order valence-electron chi connectivity index (χ2n) is 9.12. The third kappa shape index (κ3) is 5.11. The number of carbonyl (C=O) groups is 1. The number of halogens is 2. The summed E-state index contributed by atoms with van der Waals surface area (Å²) in [5, 5.41) is 0. The Labute approximate surface area is 194 Å². The maximum atomic E-state index is 13.5. The van der Waals surface area contributed by atoms with Crippen LogP contribution in [0.1, 0.15) is 50.0 Å². The van der Waals surface area contributed by atoms with Gasteiger partial charge in [0.25, 0.3) is 0 Å². The lowest BCUT2D eigenvalue weighted by molar-refractivity contribution is -0.138. The molecule has 8 heteroatoms. The zero-order chi connectivity index (χ0) is 23.6. The lowest BCUT2D eigenvalue weighted by Crippen LogP contribution is -2.46. The van der Waals surface area contributed by atoms with Crippen molar-refractivity contribution in [2.45, 2.75) is 55.4 Å². The standard InChI is InChI=1S/C25H30F2N2O3S/c1-28(21-9-7-19(8-10-21)18-5-3-2-4-6-18)25(30)20-13-15-29(16-14-20)33(31,32)22-11-12-23(26)24(27)17-22/h2-6,11-12,17,19-21H,7-10,13-16H2,1H3. The lowest BCUT2D eigenvalue weighted by Gasteiger charge is -2.38. The molecule has 1 heterocycles. The number of benzene rings is 2. The highest BCUT2D eigenvalue weighted by atomic mass is 32.2. The molecule has 0 N–H and O–H groups in total. The first kappa shape index (κ1) is 23.8. The summed E-state index contributed by atoms with van der Waals surface area (Å²) in [6.45, 7) is 0.374. The molecule has 2 aromatic carbocycles. The van der Waals surface area contributed by atoms with Crippen molar-refractivity contribution in [2.24, 2.45) is 5.92 Å². The molecule has 5 nitrogen and oxygen atoms in total. The topological polar surface area (TPSA) is 57.7 Å². The van der Waals surface area contributed by atoms with Crippen LogP contribution in [0, 0.1) is 17.6 Å². The third-order valence-electron chi connectivity index (χ3n) is 7.20. The lowest BCUT2D eigenvalue weighted by atomic mass is 9.81. The summed E-state index contributed by atoms with van der Waals surface area (Å²) in [4.78, 5) is 14.7. The van der Waals surface area contributed by atoms with Crippen molar-refractivity contribution in [3.8, 4) is 0 Å². The number of rotatable bonds is 5. The molecule has 0 radical (unpaired) electrons. The summed E-state index contributed by atoms with van der Waals surface area (Å²) in [7, 11) is -2.06. The van der Waals surface area contributed by atoms with Crippen LogP contribution in [0.25, 0.3) is 0 Å². The van der Waals surface area contributed by atoms with E-state index in [1.807, 2.05) is 18.0 Å². The van der Waals surface area contributed by atoms with Crippen molar-refractivity contribution in [3.05, 3.63) is 65.7 Å². The van der Waals surface area contributed by atoms with Crippen molar-refractivity contribution in [1.29, 1.82) is 0 Å². The van der Waals surface area contributed by atoms with Gasteiger partial charge in [0.15, 0.2) is 11.6 Å². The van der Waals surface area contributed by atoms with Crippen LogP contribution in [0.3, 0.4) is 0 Å². The summed E-state index contributed by atoms with van der Waals surface area (Å²) in [5.74, 6) is -1.89. The van der Waals surface area contributed by atoms with E-state index in [0.29, 0.717) is 24.8 Å². The molecule has 178 valence electrons. The van der Waals surface area contributed by atoms with Gasteiger partial charge in [-0.25, -0.2) is 17.2 Å². The van der Waals surface area contributed by atoms with Gasteiger partial charge in [0.2, 0.25) is 15.9 Å². The molecule has 33 heavy (non-hydrogen) atoms. The molecule has 2 aliphatic rings. The molecule has 4 rings (SSSR count). The van der Waals surface area contributed by atoms with Gasteiger partial charge in [-0.15, -0.1) is 0 Å². The van der Waals surface area contributed by atoms with Crippen LogP contribution in [0.2, 0.25) is 0 Å². The van der Waals surface area contributed by atoms with E-state index in [9.17, 15) is 22.0 Å². The first-order chi connectivity index (χ1) is 15.8. The smallest absolute Gasteiger partial charge is 0.243 e. The zero-order valence-corrected chi connectivity index (χ0v) is 19.6. The van der Waals surface area contributed by atoms with Gasteiger partial charge in [-0.2, -0.15) is 4.31 Å². The predicted octanol–water partition coefficient (Wildman–Crippen LogP) is 4.55. The highest BCUT2D eigenvalue weighted by Crippen LogP contribution is 2.35. The highest BCUT2D eigenvalue weighted by Gasteiger charge is 2.35. The van der Waals surface area contributed by atoms with Crippen molar-refractivity contribution in [2.75, 3.05) is 20.1 Å². The van der Waals surface area contributed by atoms with Crippen molar-refractivity contribution in [3.63, 3.8) is 0 Å². The largest absolute Gasteiger partial charge is 0.343 e. The van der Waals surface area contributed by atoms with Gasteiger partial charge in [0.05, 0.1) is 4.90 Å². The first-order valence-corrected chi connectivity index (χ1v) is 13.0. The fourth-order valence-electron chi connectivity index (χ4n) is 5.12. The van der Waals surface area contributed by atoms with E-state index in [1.165, 1.54) is 9.87 Å². The molecular formula is C25H30F2N2O3S. The minimum absolute atomic E-state index is 0.0723. The van der Waals surface area contributed by atoms with Crippen LogP contribution in [0.15, 0.2) is 53.4 Å². The monoisotopic (exact) mass is 476 g/mol. The molecule has 1 amide bonds. The summed E-state index contributed by atoms with van der Waals surface area (Å²) < 4.78 is 53.6. The predicted molar refractivity (Wildman–Crippen MR) is 122 cm³/mol. The Morgan fingerprint density at radius 3 is 2.15 bits per heavy atom. The zero-order valence-electron chi connectivity index (χ0n) is 18.8. The Morgan fingerprint density at radius 1 is 0.909 bits per heavy atom. The molecule has 0 atom stereocenters. The maximum Gasteiger partial charge on any atom is 0.243 e. The van der Waals surface area contributed by atoms with Gasteiger partial charge in [0.1, 0.15) is 0 Å². The highest BCUT2D eigenvalue weighted by molar-refractivity contribution is 7.89. The SMILES string of the molecule is CN(C(=O)C1CCN(S(=O)(=O)c2ccc(F)c(F)c2)CC1)C1CCC(c2ccccc2)CC1. The fourth-order valence-corrected chi connectivity index (χ4v) is 6.60. The second-order valence-corrected chi connectivity index (χ2v) is 11.1. The summed E-state index contributed by atoms with van der Waals surface area (Å²) in [5.41, 5.74) is 1.36. The number of sulfonamides is 1. The van der Waals surface area contributed by atoms with Crippen LogP contribution < -0.4 is 0 Å². The molecule has 0 aromatic heterocycles. The Hall–Kier alpha value is -2.32.